The number of nitrogens with two attached hydrogens (primary N) is 1. The molecule has 0 heterocycles. The number of ether oxygens (including phenoxy) is 1. The van der Waals surface area contributed by atoms with Crippen LogP contribution in [0.15, 0.2) is 0 Å². The molecule has 0 aromatic rings. The standard InChI is InChI=1S/C12H26N2O2.ClH/c1-4-6-8-10(9-16-3)14-12(15)11(13)7-5-2;/h10-11H,4-9,13H2,1-3H3,(H,14,15);1H. The van der Waals surface area contributed by atoms with Crippen molar-refractivity contribution in [3.05, 3.63) is 0 Å². The fourth-order valence-electron chi connectivity index (χ4n) is 1.60. The van der Waals surface area contributed by atoms with Gasteiger partial charge in [-0.3, -0.25) is 4.79 Å². The van der Waals surface area contributed by atoms with Crippen LogP contribution in [0.1, 0.15) is 46.0 Å². The number of carbonyl (C=O) groups excluding carboxylic acids is 1. The minimum absolute atomic E-state index is 0. The number of halogens is 1. The maximum atomic E-state index is 11.7. The lowest BCUT2D eigenvalue weighted by Gasteiger charge is -2.20. The van der Waals surface area contributed by atoms with Crippen molar-refractivity contribution >= 4 is 18.3 Å². The summed E-state index contributed by atoms with van der Waals surface area (Å²) in [6, 6.07) is -0.286. The SMILES string of the molecule is CCCCC(COC)NC(=O)C(N)CCC.Cl. The summed E-state index contributed by atoms with van der Waals surface area (Å²) in [5, 5.41) is 2.95. The summed E-state index contributed by atoms with van der Waals surface area (Å²) >= 11 is 0. The molecule has 2 atom stereocenters. The van der Waals surface area contributed by atoms with Crippen molar-refractivity contribution in [3.63, 3.8) is 0 Å². The van der Waals surface area contributed by atoms with E-state index in [1.165, 1.54) is 0 Å². The van der Waals surface area contributed by atoms with E-state index in [1.54, 1.807) is 7.11 Å². The number of hydrogen-bond donors (Lipinski definition) is 2. The lowest BCUT2D eigenvalue weighted by molar-refractivity contribution is -0.123. The lowest BCUT2D eigenvalue weighted by atomic mass is 10.1. The molecule has 4 nitrogen and oxygen atoms in total. The van der Waals surface area contributed by atoms with Gasteiger partial charge in [0.05, 0.1) is 18.7 Å². The Morgan fingerprint density at radius 3 is 2.41 bits per heavy atom. The second kappa shape index (κ2) is 12.1. The van der Waals surface area contributed by atoms with Gasteiger partial charge in [-0.05, 0) is 12.8 Å². The molecule has 0 bridgehead atoms. The average molecular weight is 267 g/mol. The highest BCUT2D eigenvalue weighted by Gasteiger charge is 2.16. The summed E-state index contributed by atoms with van der Waals surface area (Å²) in [4.78, 5) is 11.7. The van der Waals surface area contributed by atoms with Gasteiger partial charge in [0, 0.05) is 7.11 Å². The monoisotopic (exact) mass is 266 g/mol. The zero-order valence-corrected chi connectivity index (χ0v) is 12.0. The van der Waals surface area contributed by atoms with E-state index in [0.717, 1.165) is 32.1 Å². The number of carbonyl (C=O) groups is 1. The minimum atomic E-state index is -0.383. The molecule has 0 saturated carbocycles. The van der Waals surface area contributed by atoms with E-state index in [4.69, 9.17) is 10.5 Å². The minimum Gasteiger partial charge on any atom is -0.383 e. The van der Waals surface area contributed by atoms with Crippen LogP contribution < -0.4 is 11.1 Å². The fraction of sp³-hybridized carbons (Fsp3) is 0.917. The molecule has 104 valence electrons. The molecule has 0 aliphatic heterocycles. The van der Waals surface area contributed by atoms with Crippen molar-refractivity contribution in [1.82, 2.24) is 5.32 Å². The van der Waals surface area contributed by atoms with Crippen LogP contribution in [0.3, 0.4) is 0 Å². The van der Waals surface area contributed by atoms with Crippen molar-refractivity contribution < 1.29 is 9.53 Å². The first kappa shape index (κ1) is 19.0. The van der Waals surface area contributed by atoms with Gasteiger partial charge in [0.25, 0.3) is 0 Å². The zero-order chi connectivity index (χ0) is 12.4. The lowest BCUT2D eigenvalue weighted by Crippen LogP contribution is -2.46. The van der Waals surface area contributed by atoms with Crippen LogP contribution in [0.2, 0.25) is 0 Å². The second-order valence-corrected chi connectivity index (χ2v) is 4.20. The Bertz CT molecular complexity index is 191. The fourth-order valence-corrected chi connectivity index (χ4v) is 1.60. The number of methoxy groups -OCH3 is 1. The number of amides is 1. The maximum absolute atomic E-state index is 11.7. The van der Waals surface area contributed by atoms with Gasteiger partial charge in [0.2, 0.25) is 5.91 Å². The number of hydrogen-bond acceptors (Lipinski definition) is 3. The molecule has 0 spiro atoms. The van der Waals surface area contributed by atoms with E-state index < -0.39 is 0 Å². The second-order valence-electron chi connectivity index (χ2n) is 4.20. The topological polar surface area (TPSA) is 64.3 Å². The van der Waals surface area contributed by atoms with Gasteiger partial charge in [-0.15, -0.1) is 12.4 Å². The highest BCUT2D eigenvalue weighted by Crippen LogP contribution is 2.02. The molecule has 0 aliphatic rings. The summed E-state index contributed by atoms with van der Waals surface area (Å²) < 4.78 is 5.09. The van der Waals surface area contributed by atoms with E-state index in [9.17, 15) is 4.79 Å². The van der Waals surface area contributed by atoms with Crippen molar-refractivity contribution in [2.45, 2.75) is 58.0 Å². The first-order chi connectivity index (χ1) is 7.65. The Morgan fingerprint density at radius 1 is 1.29 bits per heavy atom. The first-order valence-corrected chi connectivity index (χ1v) is 6.20. The van der Waals surface area contributed by atoms with Crippen LogP contribution >= 0.6 is 12.4 Å². The molecule has 0 aromatic carbocycles. The molecule has 0 radical (unpaired) electrons. The molecule has 1 amide bonds. The Kier molecular flexibility index (Phi) is 13.6. The van der Waals surface area contributed by atoms with Gasteiger partial charge in [-0.1, -0.05) is 33.1 Å². The normalized spacial score (nSPS) is 13.6. The molecule has 5 heteroatoms. The Morgan fingerprint density at radius 2 is 1.94 bits per heavy atom. The van der Waals surface area contributed by atoms with E-state index in [0.29, 0.717) is 6.61 Å². The molecular weight excluding hydrogens is 240 g/mol. The van der Waals surface area contributed by atoms with Crippen LogP contribution in [0, 0.1) is 0 Å². The number of nitrogens with one attached hydrogen (secondary N) is 1. The Labute approximate surface area is 111 Å². The largest absolute Gasteiger partial charge is 0.383 e. The third-order valence-electron chi connectivity index (χ3n) is 2.56. The highest BCUT2D eigenvalue weighted by molar-refractivity contribution is 5.85. The molecule has 0 saturated heterocycles. The van der Waals surface area contributed by atoms with Crippen molar-refractivity contribution in [2.75, 3.05) is 13.7 Å². The molecule has 0 aliphatic carbocycles. The van der Waals surface area contributed by atoms with Crippen LogP contribution in [-0.4, -0.2) is 31.7 Å². The molecule has 0 fully saturated rings. The average Bonchev–Trinajstić information content (AvgIpc) is 2.26. The molecular formula is C12H27ClN2O2. The Hall–Kier alpha value is -0.320. The molecule has 0 rings (SSSR count). The summed E-state index contributed by atoms with van der Waals surface area (Å²) in [5.41, 5.74) is 5.75. The van der Waals surface area contributed by atoms with E-state index in [1.807, 2.05) is 6.92 Å². The quantitative estimate of drug-likeness (QED) is 0.670. The van der Waals surface area contributed by atoms with Crippen molar-refractivity contribution in [1.29, 1.82) is 0 Å². The predicted molar refractivity (Wildman–Crippen MR) is 73.5 cm³/mol. The van der Waals surface area contributed by atoms with Crippen LogP contribution in [-0.2, 0) is 9.53 Å². The first-order valence-electron chi connectivity index (χ1n) is 6.20. The van der Waals surface area contributed by atoms with Crippen LogP contribution in [0.5, 0.6) is 0 Å². The van der Waals surface area contributed by atoms with Gasteiger partial charge >= 0.3 is 0 Å². The smallest absolute Gasteiger partial charge is 0.237 e. The third-order valence-corrected chi connectivity index (χ3v) is 2.56. The van der Waals surface area contributed by atoms with E-state index in [-0.39, 0.29) is 30.4 Å². The summed E-state index contributed by atoms with van der Waals surface area (Å²) in [6.45, 7) is 4.72. The zero-order valence-electron chi connectivity index (χ0n) is 11.2. The van der Waals surface area contributed by atoms with Gasteiger partial charge in [0.15, 0.2) is 0 Å². The summed E-state index contributed by atoms with van der Waals surface area (Å²) in [5.74, 6) is -0.0556. The van der Waals surface area contributed by atoms with Crippen LogP contribution in [0.4, 0.5) is 0 Å². The van der Waals surface area contributed by atoms with Crippen LogP contribution in [0.25, 0.3) is 0 Å². The maximum Gasteiger partial charge on any atom is 0.237 e. The van der Waals surface area contributed by atoms with Gasteiger partial charge in [-0.25, -0.2) is 0 Å². The summed E-state index contributed by atoms with van der Waals surface area (Å²) in [6.07, 6.45) is 4.83. The predicted octanol–water partition coefficient (Wildman–Crippen LogP) is 1.86. The molecule has 17 heavy (non-hydrogen) atoms. The molecule has 3 N–H and O–H groups in total. The van der Waals surface area contributed by atoms with Crippen molar-refractivity contribution in [3.8, 4) is 0 Å². The highest BCUT2D eigenvalue weighted by atomic mass is 35.5. The van der Waals surface area contributed by atoms with Gasteiger partial charge < -0.3 is 15.8 Å². The van der Waals surface area contributed by atoms with E-state index >= 15 is 0 Å². The van der Waals surface area contributed by atoms with Crippen molar-refractivity contribution in [2.24, 2.45) is 5.73 Å². The van der Waals surface area contributed by atoms with Gasteiger partial charge in [-0.2, -0.15) is 0 Å². The third kappa shape index (κ3) is 9.39. The number of rotatable bonds is 9. The summed E-state index contributed by atoms with van der Waals surface area (Å²) in [7, 11) is 1.65. The van der Waals surface area contributed by atoms with E-state index in [2.05, 4.69) is 12.2 Å². The Balaban J connectivity index is 0. The van der Waals surface area contributed by atoms with Gasteiger partial charge in [0.1, 0.15) is 0 Å². The number of unbranched alkanes of at least 4 members (excludes halogenated alkanes) is 1. The molecule has 0 aromatic heterocycles. The molecule has 2 unspecified atom stereocenters.